The van der Waals surface area contributed by atoms with Gasteiger partial charge < -0.3 is 10.6 Å². The number of benzene rings is 1. The van der Waals surface area contributed by atoms with Crippen LogP contribution in [0.1, 0.15) is 25.7 Å². The van der Waals surface area contributed by atoms with Crippen molar-refractivity contribution in [3.63, 3.8) is 0 Å². The van der Waals surface area contributed by atoms with E-state index in [9.17, 15) is 4.79 Å². The van der Waals surface area contributed by atoms with E-state index in [2.05, 4.69) is 0 Å². The molecular formula is C14H21ClN2O. The van der Waals surface area contributed by atoms with E-state index in [1.807, 2.05) is 35.2 Å². The molecule has 4 heteroatoms. The quantitative estimate of drug-likeness (QED) is 0.862. The van der Waals surface area contributed by atoms with Crippen molar-refractivity contribution in [2.24, 2.45) is 11.7 Å². The summed E-state index contributed by atoms with van der Waals surface area (Å²) in [5.41, 5.74) is 6.47. The molecule has 2 N–H and O–H groups in total. The summed E-state index contributed by atoms with van der Waals surface area (Å²) in [4.78, 5) is 14.1. The number of hydrogen-bond donors (Lipinski definition) is 1. The number of amides is 1. The van der Waals surface area contributed by atoms with Gasteiger partial charge in [0.1, 0.15) is 0 Å². The highest BCUT2D eigenvalue weighted by molar-refractivity contribution is 5.93. The van der Waals surface area contributed by atoms with Crippen LogP contribution in [0.5, 0.6) is 0 Å². The van der Waals surface area contributed by atoms with Crippen molar-refractivity contribution in [2.75, 3.05) is 18.0 Å². The second-order valence-electron chi connectivity index (χ2n) is 4.68. The average molecular weight is 269 g/mol. The molecule has 1 aromatic carbocycles. The zero-order chi connectivity index (χ0) is 12.1. The number of carbonyl (C=O) groups is 1. The summed E-state index contributed by atoms with van der Waals surface area (Å²) < 4.78 is 0. The Morgan fingerprint density at radius 3 is 2.50 bits per heavy atom. The molecule has 1 aliphatic carbocycles. The monoisotopic (exact) mass is 268 g/mol. The van der Waals surface area contributed by atoms with Crippen molar-refractivity contribution in [3.05, 3.63) is 30.3 Å². The SMILES string of the molecule is Cl.NCCCC(=O)N(CC1CC1)c1ccccc1. The third kappa shape index (κ3) is 4.31. The summed E-state index contributed by atoms with van der Waals surface area (Å²) in [7, 11) is 0. The highest BCUT2D eigenvalue weighted by atomic mass is 35.5. The van der Waals surface area contributed by atoms with Gasteiger partial charge in [0.25, 0.3) is 0 Å². The van der Waals surface area contributed by atoms with Crippen molar-refractivity contribution >= 4 is 24.0 Å². The zero-order valence-corrected chi connectivity index (χ0v) is 11.4. The van der Waals surface area contributed by atoms with E-state index >= 15 is 0 Å². The van der Waals surface area contributed by atoms with Gasteiger partial charge in [-0.05, 0) is 43.9 Å². The fourth-order valence-electron chi connectivity index (χ4n) is 1.91. The largest absolute Gasteiger partial charge is 0.330 e. The molecule has 1 amide bonds. The van der Waals surface area contributed by atoms with E-state index in [1.54, 1.807) is 0 Å². The molecule has 0 bridgehead atoms. The van der Waals surface area contributed by atoms with Crippen LogP contribution in [0.4, 0.5) is 5.69 Å². The number of para-hydroxylation sites is 1. The maximum atomic E-state index is 12.1. The van der Waals surface area contributed by atoms with Crippen LogP contribution in [-0.2, 0) is 4.79 Å². The zero-order valence-electron chi connectivity index (χ0n) is 10.5. The van der Waals surface area contributed by atoms with Gasteiger partial charge in [-0.2, -0.15) is 0 Å². The van der Waals surface area contributed by atoms with E-state index in [0.717, 1.165) is 18.7 Å². The Hall–Kier alpha value is -1.06. The molecule has 1 aliphatic rings. The number of nitrogens with two attached hydrogens (primary N) is 1. The Labute approximate surface area is 115 Å². The first-order valence-corrected chi connectivity index (χ1v) is 6.36. The van der Waals surface area contributed by atoms with Gasteiger partial charge in [-0.3, -0.25) is 4.79 Å². The Morgan fingerprint density at radius 1 is 1.28 bits per heavy atom. The number of halogens is 1. The highest BCUT2D eigenvalue weighted by Crippen LogP contribution is 2.31. The molecule has 0 saturated heterocycles. The second kappa shape index (κ2) is 7.39. The van der Waals surface area contributed by atoms with E-state index < -0.39 is 0 Å². The molecule has 2 rings (SSSR count). The normalized spacial score (nSPS) is 13.8. The van der Waals surface area contributed by atoms with Gasteiger partial charge in [-0.25, -0.2) is 0 Å². The first kappa shape index (κ1) is 15.0. The maximum Gasteiger partial charge on any atom is 0.227 e. The number of carbonyl (C=O) groups excluding carboxylic acids is 1. The molecule has 100 valence electrons. The number of rotatable bonds is 6. The lowest BCUT2D eigenvalue weighted by Crippen LogP contribution is -2.33. The minimum Gasteiger partial charge on any atom is -0.330 e. The van der Waals surface area contributed by atoms with Crippen LogP contribution in [0.2, 0.25) is 0 Å². The molecule has 0 radical (unpaired) electrons. The molecule has 1 saturated carbocycles. The Morgan fingerprint density at radius 2 is 1.94 bits per heavy atom. The molecule has 1 aromatic rings. The summed E-state index contributed by atoms with van der Waals surface area (Å²) >= 11 is 0. The number of nitrogens with zero attached hydrogens (tertiary/aromatic N) is 1. The van der Waals surface area contributed by atoms with Crippen LogP contribution < -0.4 is 10.6 Å². The minimum atomic E-state index is 0. The third-order valence-corrected chi connectivity index (χ3v) is 3.10. The molecule has 0 aliphatic heterocycles. The lowest BCUT2D eigenvalue weighted by atomic mass is 10.2. The molecule has 0 aromatic heterocycles. The van der Waals surface area contributed by atoms with Crippen LogP contribution in [0.3, 0.4) is 0 Å². The molecule has 0 unspecified atom stereocenters. The molecule has 0 heterocycles. The molecule has 3 nitrogen and oxygen atoms in total. The summed E-state index contributed by atoms with van der Waals surface area (Å²) in [5.74, 6) is 0.908. The van der Waals surface area contributed by atoms with Crippen molar-refractivity contribution in [3.8, 4) is 0 Å². The molecule has 0 spiro atoms. The lowest BCUT2D eigenvalue weighted by molar-refractivity contribution is -0.118. The van der Waals surface area contributed by atoms with Gasteiger partial charge in [-0.1, -0.05) is 18.2 Å². The average Bonchev–Trinajstić information content (AvgIpc) is 3.18. The van der Waals surface area contributed by atoms with Gasteiger partial charge in [0.2, 0.25) is 5.91 Å². The Balaban J connectivity index is 0.00000162. The molecule has 0 atom stereocenters. The predicted octanol–water partition coefficient (Wildman–Crippen LogP) is 2.59. The lowest BCUT2D eigenvalue weighted by Gasteiger charge is -2.22. The fraction of sp³-hybridized carbons (Fsp3) is 0.500. The fourth-order valence-corrected chi connectivity index (χ4v) is 1.91. The molecule has 18 heavy (non-hydrogen) atoms. The first-order chi connectivity index (χ1) is 8.31. The van der Waals surface area contributed by atoms with Crippen LogP contribution in [0.15, 0.2) is 30.3 Å². The van der Waals surface area contributed by atoms with Crippen LogP contribution in [-0.4, -0.2) is 19.0 Å². The topological polar surface area (TPSA) is 46.3 Å². The van der Waals surface area contributed by atoms with E-state index in [4.69, 9.17) is 5.73 Å². The Bertz CT molecular complexity index is 365. The van der Waals surface area contributed by atoms with Gasteiger partial charge in [0, 0.05) is 18.7 Å². The van der Waals surface area contributed by atoms with Gasteiger partial charge >= 0.3 is 0 Å². The van der Waals surface area contributed by atoms with Crippen molar-refractivity contribution in [1.29, 1.82) is 0 Å². The standard InChI is InChI=1S/C14H20N2O.ClH/c15-10-4-7-14(17)16(11-12-8-9-12)13-5-2-1-3-6-13;/h1-3,5-6,12H,4,7-11,15H2;1H. The smallest absolute Gasteiger partial charge is 0.227 e. The van der Waals surface area contributed by atoms with Gasteiger partial charge in [0.05, 0.1) is 0 Å². The summed E-state index contributed by atoms with van der Waals surface area (Å²) in [6, 6.07) is 9.94. The van der Waals surface area contributed by atoms with E-state index in [-0.39, 0.29) is 18.3 Å². The first-order valence-electron chi connectivity index (χ1n) is 6.36. The summed E-state index contributed by atoms with van der Waals surface area (Å²) in [6.07, 6.45) is 3.84. The number of hydrogen-bond acceptors (Lipinski definition) is 2. The van der Waals surface area contributed by atoms with Crippen LogP contribution >= 0.6 is 12.4 Å². The third-order valence-electron chi connectivity index (χ3n) is 3.10. The predicted molar refractivity (Wildman–Crippen MR) is 77.1 cm³/mol. The number of anilines is 1. The second-order valence-corrected chi connectivity index (χ2v) is 4.68. The van der Waals surface area contributed by atoms with Gasteiger partial charge in [-0.15, -0.1) is 12.4 Å². The summed E-state index contributed by atoms with van der Waals surface area (Å²) in [5, 5.41) is 0. The van der Waals surface area contributed by atoms with Crippen molar-refractivity contribution in [1.82, 2.24) is 0 Å². The summed E-state index contributed by atoms with van der Waals surface area (Å²) in [6.45, 7) is 1.45. The van der Waals surface area contributed by atoms with E-state index in [0.29, 0.717) is 18.9 Å². The van der Waals surface area contributed by atoms with Crippen molar-refractivity contribution < 1.29 is 4.79 Å². The Kier molecular flexibility index (Phi) is 6.16. The minimum absolute atomic E-state index is 0. The van der Waals surface area contributed by atoms with Crippen LogP contribution in [0.25, 0.3) is 0 Å². The van der Waals surface area contributed by atoms with Crippen molar-refractivity contribution in [2.45, 2.75) is 25.7 Å². The molecular weight excluding hydrogens is 248 g/mol. The maximum absolute atomic E-state index is 12.1. The van der Waals surface area contributed by atoms with Gasteiger partial charge in [0.15, 0.2) is 0 Å². The molecule has 1 fully saturated rings. The highest BCUT2D eigenvalue weighted by Gasteiger charge is 2.27. The van der Waals surface area contributed by atoms with Crippen LogP contribution in [0, 0.1) is 5.92 Å². The van der Waals surface area contributed by atoms with E-state index in [1.165, 1.54) is 12.8 Å².